The van der Waals surface area contributed by atoms with Crippen LogP contribution >= 0.6 is 15.9 Å². The van der Waals surface area contributed by atoms with Gasteiger partial charge in [0.1, 0.15) is 17.3 Å². The first-order valence-electron chi connectivity index (χ1n) is 9.08. The zero-order valence-electron chi connectivity index (χ0n) is 16.0. The fourth-order valence-corrected chi connectivity index (χ4v) is 3.55. The summed E-state index contributed by atoms with van der Waals surface area (Å²) in [6, 6.07) is 9.09. The molecule has 3 rings (SSSR count). The third-order valence-corrected chi connectivity index (χ3v) is 5.20. The van der Waals surface area contributed by atoms with Crippen LogP contribution in [0.4, 0.5) is 14.5 Å². The first-order chi connectivity index (χ1) is 13.8. The van der Waals surface area contributed by atoms with Gasteiger partial charge in [-0.1, -0.05) is 22.0 Å². The second-order valence-corrected chi connectivity index (χ2v) is 7.56. The molecule has 0 unspecified atom stereocenters. The standard InChI is InChI=1S/C21H20BrF2N3O2/c1-3-27(11-19(28)26-21-16(23)5-4-6-17(21)24)20(29)10-14-12(2)25-18-8-7-13(22)9-15(14)18/h4-9,25H,3,10-11H2,1-2H3,(H,26,28). The number of nitrogens with zero attached hydrogens (tertiary/aromatic N) is 1. The van der Waals surface area contributed by atoms with Crippen molar-refractivity contribution in [1.82, 2.24) is 9.88 Å². The first kappa shape index (κ1) is 21.0. The van der Waals surface area contributed by atoms with Crippen molar-refractivity contribution in [2.24, 2.45) is 0 Å². The second-order valence-electron chi connectivity index (χ2n) is 6.65. The molecule has 0 fully saturated rings. The number of hydrogen-bond acceptors (Lipinski definition) is 2. The van der Waals surface area contributed by atoms with Crippen molar-refractivity contribution >= 4 is 44.3 Å². The van der Waals surface area contributed by atoms with E-state index in [1.807, 2.05) is 25.1 Å². The van der Waals surface area contributed by atoms with Gasteiger partial charge in [0.05, 0.1) is 13.0 Å². The highest BCUT2D eigenvalue weighted by Crippen LogP contribution is 2.26. The number of rotatable bonds is 6. The molecule has 2 N–H and O–H groups in total. The fourth-order valence-electron chi connectivity index (χ4n) is 3.19. The number of likely N-dealkylation sites (N-methyl/N-ethyl adjacent to an activating group) is 1. The largest absolute Gasteiger partial charge is 0.358 e. The summed E-state index contributed by atoms with van der Waals surface area (Å²) in [6.07, 6.45) is 0.109. The Kier molecular flexibility index (Phi) is 6.32. The lowest BCUT2D eigenvalue weighted by Gasteiger charge is -2.20. The van der Waals surface area contributed by atoms with Crippen molar-refractivity contribution < 1.29 is 18.4 Å². The predicted molar refractivity (Wildman–Crippen MR) is 112 cm³/mol. The minimum atomic E-state index is -0.868. The number of hydrogen-bond donors (Lipinski definition) is 2. The van der Waals surface area contributed by atoms with Crippen molar-refractivity contribution in [1.29, 1.82) is 0 Å². The molecule has 152 valence electrons. The van der Waals surface area contributed by atoms with E-state index in [4.69, 9.17) is 0 Å². The van der Waals surface area contributed by atoms with E-state index in [2.05, 4.69) is 26.2 Å². The van der Waals surface area contributed by atoms with Crippen molar-refractivity contribution in [2.75, 3.05) is 18.4 Å². The van der Waals surface area contributed by atoms with Gasteiger partial charge < -0.3 is 15.2 Å². The number of aromatic nitrogens is 1. The highest BCUT2D eigenvalue weighted by molar-refractivity contribution is 9.10. The zero-order chi connectivity index (χ0) is 21.1. The predicted octanol–water partition coefficient (Wildman–Crippen LogP) is 4.55. The lowest BCUT2D eigenvalue weighted by Crippen LogP contribution is -2.39. The molecule has 0 aliphatic heterocycles. The maximum Gasteiger partial charge on any atom is 0.244 e. The Hall–Kier alpha value is -2.74. The summed E-state index contributed by atoms with van der Waals surface area (Å²) >= 11 is 3.44. The number of H-pyrrole nitrogens is 1. The zero-order valence-corrected chi connectivity index (χ0v) is 17.6. The summed E-state index contributed by atoms with van der Waals surface area (Å²) in [5.41, 5.74) is 2.13. The van der Waals surface area contributed by atoms with Gasteiger partial charge in [-0.3, -0.25) is 9.59 Å². The first-order valence-corrected chi connectivity index (χ1v) is 9.87. The van der Waals surface area contributed by atoms with Crippen molar-refractivity contribution in [3.63, 3.8) is 0 Å². The normalized spacial score (nSPS) is 10.9. The SMILES string of the molecule is CCN(CC(=O)Nc1c(F)cccc1F)C(=O)Cc1c(C)[nH]c2ccc(Br)cc12. The molecule has 0 aliphatic rings. The molecule has 3 aromatic rings. The summed E-state index contributed by atoms with van der Waals surface area (Å²) < 4.78 is 28.3. The number of para-hydroxylation sites is 1. The molecular formula is C21H20BrF2N3O2. The van der Waals surface area contributed by atoms with E-state index in [0.717, 1.165) is 38.8 Å². The minimum Gasteiger partial charge on any atom is -0.358 e. The third kappa shape index (κ3) is 4.64. The lowest BCUT2D eigenvalue weighted by molar-refractivity contribution is -0.133. The van der Waals surface area contributed by atoms with E-state index in [-0.39, 0.29) is 25.4 Å². The highest BCUT2D eigenvalue weighted by Gasteiger charge is 2.20. The van der Waals surface area contributed by atoms with Crippen LogP contribution in [0.1, 0.15) is 18.2 Å². The van der Waals surface area contributed by atoms with E-state index >= 15 is 0 Å². The Balaban J connectivity index is 1.73. The molecule has 0 spiro atoms. The van der Waals surface area contributed by atoms with E-state index in [0.29, 0.717) is 0 Å². The van der Waals surface area contributed by atoms with Crippen LogP contribution in [0.2, 0.25) is 0 Å². The van der Waals surface area contributed by atoms with Crippen molar-refractivity contribution in [3.8, 4) is 0 Å². The van der Waals surface area contributed by atoms with Crippen molar-refractivity contribution in [3.05, 3.63) is 63.8 Å². The number of carbonyl (C=O) groups is 2. The summed E-state index contributed by atoms with van der Waals surface area (Å²) in [7, 11) is 0. The number of amides is 2. The van der Waals surface area contributed by atoms with Gasteiger partial charge in [-0.2, -0.15) is 0 Å². The molecule has 0 saturated carbocycles. The molecule has 8 heteroatoms. The van der Waals surface area contributed by atoms with Gasteiger partial charge >= 0.3 is 0 Å². The third-order valence-electron chi connectivity index (χ3n) is 4.71. The lowest BCUT2D eigenvalue weighted by atomic mass is 10.1. The molecular weight excluding hydrogens is 444 g/mol. The Bertz CT molecular complexity index is 1060. The molecule has 0 bridgehead atoms. The van der Waals surface area contributed by atoms with Crippen LogP contribution in [0.5, 0.6) is 0 Å². The molecule has 0 aliphatic carbocycles. The van der Waals surface area contributed by atoms with Crippen molar-refractivity contribution in [2.45, 2.75) is 20.3 Å². The molecule has 5 nitrogen and oxygen atoms in total. The molecule has 29 heavy (non-hydrogen) atoms. The molecule has 0 radical (unpaired) electrons. The number of fused-ring (bicyclic) bond motifs is 1. The van der Waals surface area contributed by atoms with Crippen LogP contribution in [-0.2, 0) is 16.0 Å². The molecule has 1 heterocycles. The minimum absolute atomic E-state index is 0.109. The number of anilines is 1. The number of aromatic amines is 1. The Morgan fingerprint density at radius 3 is 2.52 bits per heavy atom. The van der Waals surface area contributed by atoms with Gasteiger partial charge in [0, 0.05) is 27.6 Å². The molecule has 2 amide bonds. The Labute approximate surface area is 175 Å². The average molecular weight is 464 g/mol. The number of carbonyl (C=O) groups excluding carboxylic acids is 2. The van der Waals surface area contributed by atoms with Gasteiger partial charge in [0.15, 0.2) is 0 Å². The van der Waals surface area contributed by atoms with Gasteiger partial charge in [-0.15, -0.1) is 0 Å². The van der Waals surface area contributed by atoms with E-state index in [9.17, 15) is 18.4 Å². The maximum absolute atomic E-state index is 13.7. The summed E-state index contributed by atoms with van der Waals surface area (Å²) in [6.45, 7) is 3.62. The van der Waals surface area contributed by atoms with Crippen LogP contribution < -0.4 is 5.32 Å². The molecule has 1 aromatic heterocycles. The molecule has 0 saturated heterocycles. The van der Waals surface area contributed by atoms with Gasteiger partial charge in [0.25, 0.3) is 0 Å². The van der Waals surface area contributed by atoms with Crippen LogP contribution in [0.3, 0.4) is 0 Å². The molecule has 0 atom stereocenters. The Morgan fingerprint density at radius 1 is 1.17 bits per heavy atom. The fraction of sp³-hybridized carbons (Fsp3) is 0.238. The smallest absolute Gasteiger partial charge is 0.244 e. The number of aryl methyl sites for hydroxylation is 1. The number of benzene rings is 2. The maximum atomic E-state index is 13.7. The van der Waals surface area contributed by atoms with Crippen LogP contribution in [-0.4, -0.2) is 34.8 Å². The monoisotopic (exact) mass is 463 g/mol. The van der Waals surface area contributed by atoms with Crippen LogP contribution in [0.15, 0.2) is 40.9 Å². The van der Waals surface area contributed by atoms with Gasteiger partial charge in [0.2, 0.25) is 11.8 Å². The summed E-state index contributed by atoms with van der Waals surface area (Å²) in [5.74, 6) is -2.65. The Morgan fingerprint density at radius 2 is 1.86 bits per heavy atom. The second kappa shape index (κ2) is 8.73. The van der Waals surface area contributed by atoms with Crippen LogP contribution in [0.25, 0.3) is 10.9 Å². The average Bonchev–Trinajstić information content (AvgIpc) is 2.97. The van der Waals surface area contributed by atoms with E-state index in [1.54, 1.807) is 6.92 Å². The summed E-state index contributed by atoms with van der Waals surface area (Å²) in [5, 5.41) is 3.14. The quantitative estimate of drug-likeness (QED) is 0.563. The van der Waals surface area contributed by atoms with E-state index < -0.39 is 23.2 Å². The van der Waals surface area contributed by atoms with Gasteiger partial charge in [-0.05, 0) is 49.7 Å². The number of halogens is 3. The molecule has 2 aromatic carbocycles. The topological polar surface area (TPSA) is 65.2 Å². The van der Waals surface area contributed by atoms with Crippen LogP contribution in [0, 0.1) is 18.6 Å². The highest BCUT2D eigenvalue weighted by atomic mass is 79.9. The van der Waals surface area contributed by atoms with E-state index in [1.165, 1.54) is 11.0 Å². The number of nitrogens with one attached hydrogen (secondary N) is 2. The summed E-state index contributed by atoms with van der Waals surface area (Å²) in [4.78, 5) is 29.7. The van der Waals surface area contributed by atoms with Gasteiger partial charge in [-0.25, -0.2) is 8.78 Å².